The Morgan fingerprint density at radius 2 is 1.92 bits per heavy atom. The van der Waals surface area contributed by atoms with Crippen LogP contribution in [-0.4, -0.2) is 11.1 Å². The molecule has 1 aromatic rings. The Balaban J connectivity index is 1.63. The molecule has 0 saturated heterocycles. The fourth-order valence-corrected chi connectivity index (χ4v) is 5.02. The van der Waals surface area contributed by atoms with Gasteiger partial charge in [0.1, 0.15) is 5.82 Å². The van der Waals surface area contributed by atoms with E-state index in [1.165, 1.54) is 51.0 Å². The maximum Gasteiger partial charge on any atom is 0.335 e. The van der Waals surface area contributed by atoms with E-state index in [9.17, 15) is 9.18 Å². The predicted molar refractivity (Wildman–Crippen MR) is 93.8 cm³/mol. The van der Waals surface area contributed by atoms with Crippen molar-refractivity contribution in [1.29, 1.82) is 0 Å². The van der Waals surface area contributed by atoms with E-state index in [2.05, 4.69) is 6.92 Å². The molecule has 2 fully saturated rings. The van der Waals surface area contributed by atoms with Crippen LogP contribution >= 0.6 is 0 Å². The number of carboxylic acids is 1. The number of halogens is 1. The van der Waals surface area contributed by atoms with Gasteiger partial charge in [-0.25, -0.2) is 9.18 Å². The molecule has 2 aliphatic carbocycles. The van der Waals surface area contributed by atoms with Gasteiger partial charge in [-0.15, -0.1) is 0 Å². The number of rotatable bonds is 5. The predicted octanol–water partition coefficient (Wildman–Crippen LogP) is 6.01. The largest absolute Gasteiger partial charge is 0.478 e. The summed E-state index contributed by atoms with van der Waals surface area (Å²) in [6, 6.07) is 4.44. The molecule has 0 amide bonds. The van der Waals surface area contributed by atoms with E-state index in [0.717, 1.165) is 36.2 Å². The first-order valence-corrected chi connectivity index (χ1v) is 9.61. The summed E-state index contributed by atoms with van der Waals surface area (Å²) in [4.78, 5) is 11.0. The number of carbonyl (C=O) groups is 1. The Morgan fingerprint density at radius 1 is 1.17 bits per heavy atom. The Kier molecular flexibility index (Phi) is 5.57. The van der Waals surface area contributed by atoms with E-state index in [-0.39, 0.29) is 17.3 Å². The van der Waals surface area contributed by atoms with Crippen LogP contribution in [0, 0.1) is 23.6 Å². The van der Waals surface area contributed by atoms with Crippen LogP contribution in [0.4, 0.5) is 4.39 Å². The third-order valence-corrected chi connectivity index (χ3v) is 6.37. The number of unbranched alkanes of at least 4 members (excludes halogenated alkanes) is 1. The summed E-state index contributed by atoms with van der Waals surface area (Å²) in [7, 11) is 0. The van der Waals surface area contributed by atoms with Crippen molar-refractivity contribution in [2.24, 2.45) is 17.8 Å². The monoisotopic (exact) mass is 332 g/mol. The highest BCUT2D eigenvalue weighted by atomic mass is 19.1. The van der Waals surface area contributed by atoms with Crippen molar-refractivity contribution in [1.82, 2.24) is 0 Å². The lowest BCUT2D eigenvalue weighted by atomic mass is 9.63. The number of benzene rings is 1. The van der Waals surface area contributed by atoms with E-state index < -0.39 is 5.97 Å². The van der Waals surface area contributed by atoms with Crippen molar-refractivity contribution in [2.45, 2.75) is 70.6 Å². The fraction of sp³-hybridized carbons (Fsp3) is 0.667. The van der Waals surface area contributed by atoms with Crippen LogP contribution in [-0.2, 0) is 0 Å². The Labute approximate surface area is 144 Å². The molecule has 24 heavy (non-hydrogen) atoms. The molecule has 132 valence electrons. The number of carboxylic acid groups (broad SMARTS) is 1. The molecule has 0 aromatic heterocycles. The standard InChI is InChI=1S/C21H29FO2/c1-2-3-4-14-5-6-16-12-17(8-7-15(16)11-14)19-10-9-18(21(23)24)13-20(19)22/h9-10,13-17H,2-8,11-12H2,1H3,(H,23,24)/t14-,15-,16+,17?/m0/s1. The smallest absolute Gasteiger partial charge is 0.335 e. The van der Waals surface area contributed by atoms with Gasteiger partial charge >= 0.3 is 5.97 Å². The molecular formula is C21H29FO2. The molecule has 1 aromatic carbocycles. The Morgan fingerprint density at radius 3 is 2.62 bits per heavy atom. The second-order valence-electron chi connectivity index (χ2n) is 7.89. The minimum atomic E-state index is -1.06. The molecule has 0 heterocycles. The molecule has 0 spiro atoms. The molecule has 2 nitrogen and oxygen atoms in total. The lowest BCUT2D eigenvalue weighted by molar-refractivity contribution is 0.0696. The fourth-order valence-electron chi connectivity index (χ4n) is 5.02. The molecule has 0 radical (unpaired) electrons. The zero-order valence-electron chi connectivity index (χ0n) is 14.6. The first kappa shape index (κ1) is 17.4. The van der Waals surface area contributed by atoms with Crippen LogP contribution in [0.3, 0.4) is 0 Å². The second-order valence-corrected chi connectivity index (χ2v) is 7.89. The van der Waals surface area contributed by atoms with E-state index in [4.69, 9.17) is 5.11 Å². The molecule has 1 unspecified atom stereocenters. The van der Waals surface area contributed by atoms with Gasteiger partial charge in [0.05, 0.1) is 5.56 Å². The van der Waals surface area contributed by atoms with Gasteiger partial charge in [0, 0.05) is 0 Å². The van der Waals surface area contributed by atoms with Crippen molar-refractivity contribution in [2.75, 3.05) is 0 Å². The van der Waals surface area contributed by atoms with Crippen LogP contribution in [0.5, 0.6) is 0 Å². The molecule has 0 aliphatic heterocycles. The highest BCUT2D eigenvalue weighted by molar-refractivity contribution is 5.87. The Bertz CT molecular complexity index is 583. The average molecular weight is 332 g/mol. The van der Waals surface area contributed by atoms with Gasteiger partial charge in [-0.05, 0) is 73.5 Å². The molecule has 0 bridgehead atoms. The molecule has 3 heteroatoms. The summed E-state index contributed by atoms with van der Waals surface area (Å²) in [6.45, 7) is 2.26. The van der Waals surface area contributed by atoms with Gasteiger partial charge < -0.3 is 5.11 Å². The second kappa shape index (κ2) is 7.67. The molecule has 3 rings (SSSR count). The van der Waals surface area contributed by atoms with Crippen molar-refractivity contribution in [3.8, 4) is 0 Å². The maximum atomic E-state index is 14.4. The number of hydrogen-bond donors (Lipinski definition) is 1. The third-order valence-electron chi connectivity index (χ3n) is 6.37. The van der Waals surface area contributed by atoms with Gasteiger partial charge in [0.2, 0.25) is 0 Å². The van der Waals surface area contributed by atoms with Gasteiger partial charge in [-0.1, -0.05) is 38.7 Å². The lowest BCUT2D eigenvalue weighted by Crippen LogP contribution is -2.30. The summed E-state index contributed by atoms with van der Waals surface area (Å²) in [6.07, 6.45) is 11.4. The lowest BCUT2D eigenvalue weighted by Gasteiger charge is -2.42. The van der Waals surface area contributed by atoms with Gasteiger partial charge in [-0.3, -0.25) is 0 Å². The topological polar surface area (TPSA) is 37.3 Å². The zero-order chi connectivity index (χ0) is 17.1. The Hall–Kier alpha value is -1.38. The maximum absolute atomic E-state index is 14.4. The highest BCUT2D eigenvalue weighted by Gasteiger charge is 2.36. The quantitative estimate of drug-likeness (QED) is 0.716. The summed E-state index contributed by atoms with van der Waals surface area (Å²) in [5, 5.41) is 8.98. The van der Waals surface area contributed by atoms with Crippen molar-refractivity contribution in [3.05, 3.63) is 35.1 Å². The van der Waals surface area contributed by atoms with Crippen LogP contribution in [0.15, 0.2) is 18.2 Å². The van der Waals surface area contributed by atoms with Gasteiger partial charge in [0.15, 0.2) is 0 Å². The zero-order valence-corrected chi connectivity index (χ0v) is 14.6. The summed E-state index contributed by atoms with van der Waals surface area (Å²) < 4.78 is 14.4. The average Bonchev–Trinajstić information content (AvgIpc) is 2.59. The van der Waals surface area contributed by atoms with Gasteiger partial charge in [-0.2, -0.15) is 0 Å². The number of fused-ring (bicyclic) bond motifs is 1. The van der Waals surface area contributed by atoms with E-state index in [0.29, 0.717) is 0 Å². The first-order chi connectivity index (χ1) is 11.6. The van der Waals surface area contributed by atoms with Crippen molar-refractivity contribution < 1.29 is 14.3 Å². The van der Waals surface area contributed by atoms with E-state index >= 15 is 0 Å². The SMILES string of the molecule is CCCC[C@H]1CC[C@@H]2CC(c3ccc(C(=O)O)cc3F)CC[C@H]2C1. The number of hydrogen-bond acceptors (Lipinski definition) is 1. The van der Waals surface area contributed by atoms with Crippen LogP contribution in [0.1, 0.15) is 86.6 Å². The van der Waals surface area contributed by atoms with E-state index in [1.807, 2.05) is 0 Å². The summed E-state index contributed by atoms with van der Waals surface area (Å²) in [5.41, 5.74) is 0.771. The highest BCUT2D eigenvalue weighted by Crippen LogP contribution is 2.48. The molecular weight excluding hydrogens is 303 g/mol. The van der Waals surface area contributed by atoms with Gasteiger partial charge in [0.25, 0.3) is 0 Å². The van der Waals surface area contributed by atoms with E-state index in [1.54, 1.807) is 12.1 Å². The minimum Gasteiger partial charge on any atom is -0.478 e. The number of aromatic carboxylic acids is 1. The van der Waals surface area contributed by atoms with Crippen LogP contribution in [0.25, 0.3) is 0 Å². The summed E-state index contributed by atoms with van der Waals surface area (Å²) in [5.74, 6) is 1.35. The van der Waals surface area contributed by atoms with Crippen molar-refractivity contribution >= 4 is 5.97 Å². The summed E-state index contributed by atoms with van der Waals surface area (Å²) >= 11 is 0. The van der Waals surface area contributed by atoms with Crippen LogP contribution in [0.2, 0.25) is 0 Å². The van der Waals surface area contributed by atoms with Crippen molar-refractivity contribution in [3.63, 3.8) is 0 Å². The third kappa shape index (κ3) is 3.81. The van der Waals surface area contributed by atoms with Crippen LogP contribution < -0.4 is 0 Å². The molecule has 4 atom stereocenters. The minimum absolute atomic E-state index is 0.0429. The first-order valence-electron chi connectivity index (χ1n) is 9.61. The molecule has 1 N–H and O–H groups in total. The molecule has 2 aliphatic rings. The molecule has 2 saturated carbocycles. The normalized spacial score (nSPS) is 29.9.